The minimum atomic E-state index is 0.0258. The molecule has 0 aliphatic rings. The third-order valence-corrected chi connectivity index (χ3v) is 3.71. The maximum atomic E-state index is 9.31. The van der Waals surface area contributed by atoms with Gasteiger partial charge in [-0.25, -0.2) is 0 Å². The van der Waals surface area contributed by atoms with Gasteiger partial charge in [0, 0.05) is 22.5 Å². The first-order valence-electron chi connectivity index (χ1n) is 7.01. The number of hydrogen-bond acceptors (Lipinski definition) is 3. The molecule has 1 heterocycles. The van der Waals surface area contributed by atoms with E-state index < -0.39 is 0 Å². The lowest BCUT2D eigenvalue weighted by atomic mass is 10.1. The number of benzene rings is 2. The summed E-state index contributed by atoms with van der Waals surface area (Å²) in [5.74, 6) is 0. The van der Waals surface area contributed by atoms with Crippen molar-refractivity contribution in [1.82, 2.24) is 4.98 Å². The second-order valence-corrected chi connectivity index (χ2v) is 5.24. The van der Waals surface area contributed by atoms with Crippen molar-refractivity contribution in [3.63, 3.8) is 0 Å². The number of aliphatic hydroxyl groups excluding tert-OH is 1. The molecular weight excluding hydrogens is 260 g/mol. The van der Waals surface area contributed by atoms with E-state index in [4.69, 9.17) is 0 Å². The van der Waals surface area contributed by atoms with Crippen molar-refractivity contribution in [2.24, 2.45) is 0 Å². The summed E-state index contributed by atoms with van der Waals surface area (Å²) in [6, 6.07) is 16.3. The molecule has 106 valence electrons. The summed E-state index contributed by atoms with van der Waals surface area (Å²) in [7, 11) is 0. The van der Waals surface area contributed by atoms with Gasteiger partial charge in [-0.1, -0.05) is 24.3 Å². The van der Waals surface area contributed by atoms with Gasteiger partial charge in [0.25, 0.3) is 0 Å². The Hall–Kier alpha value is -2.39. The minimum Gasteiger partial charge on any atom is -0.392 e. The van der Waals surface area contributed by atoms with Crippen molar-refractivity contribution in [3.05, 3.63) is 65.4 Å². The van der Waals surface area contributed by atoms with Gasteiger partial charge in [0.05, 0.1) is 12.1 Å². The Bertz CT molecular complexity index is 796. The number of aliphatic hydroxyl groups is 1. The Labute approximate surface area is 124 Å². The zero-order chi connectivity index (χ0) is 14.8. The molecule has 2 aromatic carbocycles. The Kier molecular flexibility index (Phi) is 3.59. The van der Waals surface area contributed by atoms with E-state index >= 15 is 0 Å². The maximum Gasteiger partial charge on any atom is 0.0726 e. The molecule has 1 aromatic heterocycles. The lowest BCUT2D eigenvalue weighted by molar-refractivity contribution is 0.280. The van der Waals surface area contributed by atoms with Gasteiger partial charge in [-0.2, -0.15) is 0 Å². The summed E-state index contributed by atoms with van der Waals surface area (Å²) in [5, 5.41) is 13.8. The smallest absolute Gasteiger partial charge is 0.0726 e. The molecule has 3 nitrogen and oxygen atoms in total. The molecule has 0 amide bonds. The second kappa shape index (κ2) is 5.54. The van der Waals surface area contributed by atoms with E-state index in [0.29, 0.717) is 0 Å². The van der Waals surface area contributed by atoms with Gasteiger partial charge >= 0.3 is 0 Å². The summed E-state index contributed by atoms with van der Waals surface area (Å²) < 4.78 is 0. The van der Waals surface area contributed by atoms with Gasteiger partial charge in [0.15, 0.2) is 0 Å². The van der Waals surface area contributed by atoms with Gasteiger partial charge in [-0.15, -0.1) is 0 Å². The van der Waals surface area contributed by atoms with E-state index in [1.165, 1.54) is 5.56 Å². The normalized spacial score (nSPS) is 10.8. The van der Waals surface area contributed by atoms with Gasteiger partial charge in [0.2, 0.25) is 0 Å². The molecule has 0 saturated heterocycles. The van der Waals surface area contributed by atoms with Crippen LogP contribution < -0.4 is 5.32 Å². The summed E-state index contributed by atoms with van der Waals surface area (Å²) in [4.78, 5) is 4.57. The predicted octanol–water partition coefficient (Wildman–Crippen LogP) is 4.09. The molecule has 0 radical (unpaired) electrons. The average molecular weight is 278 g/mol. The highest BCUT2D eigenvalue weighted by Gasteiger charge is 2.04. The fourth-order valence-corrected chi connectivity index (χ4v) is 2.41. The van der Waals surface area contributed by atoms with Gasteiger partial charge in [-0.3, -0.25) is 4.98 Å². The van der Waals surface area contributed by atoms with E-state index in [1.807, 2.05) is 43.3 Å². The summed E-state index contributed by atoms with van der Waals surface area (Å²) >= 11 is 0. The van der Waals surface area contributed by atoms with Gasteiger partial charge in [-0.05, 0) is 49.2 Å². The average Bonchev–Trinajstić information content (AvgIpc) is 2.49. The van der Waals surface area contributed by atoms with E-state index in [1.54, 1.807) is 0 Å². The molecule has 21 heavy (non-hydrogen) atoms. The number of fused-ring (bicyclic) bond motifs is 1. The van der Waals surface area contributed by atoms with Crippen molar-refractivity contribution < 1.29 is 5.11 Å². The molecule has 3 aromatic rings. The molecule has 0 bridgehead atoms. The van der Waals surface area contributed by atoms with Crippen LogP contribution in [0.2, 0.25) is 0 Å². The highest BCUT2D eigenvalue weighted by molar-refractivity contribution is 5.84. The van der Waals surface area contributed by atoms with Crippen LogP contribution in [0.25, 0.3) is 10.9 Å². The summed E-state index contributed by atoms with van der Waals surface area (Å²) in [5.41, 5.74) is 6.00. The lowest BCUT2D eigenvalue weighted by Gasteiger charge is -2.11. The zero-order valence-corrected chi connectivity index (χ0v) is 12.2. The van der Waals surface area contributed by atoms with E-state index in [9.17, 15) is 5.11 Å². The summed E-state index contributed by atoms with van der Waals surface area (Å²) in [6.07, 6.45) is 0. The monoisotopic (exact) mass is 278 g/mol. The molecule has 0 aliphatic carbocycles. The zero-order valence-electron chi connectivity index (χ0n) is 12.2. The molecule has 0 aliphatic heterocycles. The van der Waals surface area contributed by atoms with Crippen LogP contribution in [0.5, 0.6) is 0 Å². The van der Waals surface area contributed by atoms with Crippen molar-refractivity contribution in [2.45, 2.75) is 20.5 Å². The minimum absolute atomic E-state index is 0.0258. The Morgan fingerprint density at radius 3 is 2.62 bits per heavy atom. The topological polar surface area (TPSA) is 45.1 Å². The van der Waals surface area contributed by atoms with Crippen LogP contribution in [0.1, 0.15) is 16.8 Å². The first-order valence-corrected chi connectivity index (χ1v) is 7.01. The molecule has 0 fully saturated rings. The number of anilines is 2. The third-order valence-electron chi connectivity index (χ3n) is 3.71. The second-order valence-electron chi connectivity index (χ2n) is 5.24. The Morgan fingerprint density at radius 2 is 1.86 bits per heavy atom. The van der Waals surface area contributed by atoms with Crippen LogP contribution >= 0.6 is 0 Å². The highest BCUT2D eigenvalue weighted by Crippen LogP contribution is 2.24. The van der Waals surface area contributed by atoms with Crippen molar-refractivity contribution in [2.75, 3.05) is 5.32 Å². The first kappa shape index (κ1) is 13.6. The van der Waals surface area contributed by atoms with Crippen molar-refractivity contribution >= 4 is 22.3 Å². The number of rotatable bonds is 3. The maximum absolute atomic E-state index is 9.31. The number of nitrogens with one attached hydrogen (secondary N) is 1. The molecule has 0 unspecified atom stereocenters. The quantitative estimate of drug-likeness (QED) is 0.758. The Morgan fingerprint density at radius 1 is 1.05 bits per heavy atom. The predicted molar refractivity (Wildman–Crippen MR) is 86.9 cm³/mol. The van der Waals surface area contributed by atoms with Crippen LogP contribution in [0.3, 0.4) is 0 Å². The summed E-state index contributed by atoms with van der Waals surface area (Å²) in [6.45, 7) is 4.03. The van der Waals surface area contributed by atoms with Crippen LogP contribution in [0.15, 0.2) is 48.5 Å². The Balaban J connectivity index is 2.00. The molecule has 0 spiro atoms. The molecule has 3 rings (SSSR count). The fourth-order valence-electron chi connectivity index (χ4n) is 2.41. The fraction of sp³-hybridized carbons (Fsp3) is 0.167. The van der Waals surface area contributed by atoms with Gasteiger partial charge < -0.3 is 10.4 Å². The number of nitrogens with zero attached hydrogens (tertiary/aromatic N) is 1. The molecular formula is C18H18N2O. The van der Waals surface area contributed by atoms with Crippen LogP contribution in [0, 0.1) is 13.8 Å². The van der Waals surface area contributed by atoms with E-state index in [-0.39, 0.29) is 6.61 Å². The van der Waals surface area contributed by atoms with Crippen molar-refractivity contribution in [1.29, 1.82) is 0 Å². The third kappa shape index (κ3) is 2.73. The number of para-hydroxylation sites is 1. The number of pyridine rings is 1. The molecule has 3 heteroatoms. The lowest BCUT2D eigenvalue weighted by Crippen LogP contribution is -1.96. The van der Waals surface area contributed by atoms with Gasteiger partial charge in [0.1, 0.15) is 0 Å². The molecule has 0 atom stereocenters. The number of aryl methyl sites for hydroxylation is 2. The SMILES string of the molecule is Cc1ccccc1Nc1ccc2cc(CO)c(C)nc2c1. The standard InChI is InChI=1S/C18H18N2O/c1-12-5-3-4-6-17(12)20-16-8-7-14-9-15(11-21)13(2)19-18(14)10-16/h3-10,20-21H,11H2,1-2H3. The first-order chi connectivity index (χ1) is 10.2. The molecule has 0 saturated carbocycles. The largest absolute Gasteiger partial charge is 0.392 e. The van der Waals surface area contributed by atoms with Crippen LogP contribution in [0.4, 0.5) is 11.4 Å². The highest BCUT2D eigenvalue weighted by atomic mass is 16.3. The van der Waals surface area contributed by atoms with E-state index in [2.05, 4.69) is 29.4 Å². The number of hydrogen-bond donors (Lipinski definition) is 2. The van der Waals surface area contributed by atoms with Crippen LogP contribution in [-0.4, -0.2) is 10.1 Å². The van der Waals surface area contributed by atoms with E-state index in [0.717, 1.165) is 33.5 Å². The van der Waals surface area contributed by atoms with Crippen molar-refractivity contribution in [3.8, 4) is 0 Å². The number of aromatic nitrogens is 1. The van der Waals surface area contributed by atoms with Crippen LogP contribution in [-0.2, 0) is 6.61 Å². The molecule has 2 N–H and O–H groups in total.